The molecule has 1 atom stereocenters. The van der Waals surface area contributed by atoms with Gasteiger partial charge in [0.2, 0.25) is 5.91 Å². The number of ether oxygens (including phenoxy) is 1. The molecule has 0 aliphatic carbocycles. The van der Waals surface area contributed by atoms with Gasteiger partial charge in [-0.2, -0.15) is 5.10 Å². The van der Waals surface area contributed by atoms with Gasteiger partial charge in [-0.3, -0.25) is 9.59 Å². The molecule has 0 aliphatic heterocycles. The summed E-state index contributed by atoms with van der Waals surface area (Å²) in [4.78, 5) is 25.9. The highest BCUT2D eigenvalue weighted by Crippen LogP contribution is 2.19. The first-order chi connectivity index (χ1) is 16.2. The van der Waals surface area contributed by atoms with Crippen molar-refractivity contribution >= 4 is 17.6 Å². The summed E-state index contributed by atoms with van der Waals surface area (Å²) in [5, 5.41) is 9.74. The van der Waals surface area contributed by atoms with Gasteiger partial charge in [0.1, 0.15) is 29.2 Å². The van der Waals surface area contributed by atoms with Crippen molar-refractivity contribution in [2.24, 2.45) is 5.92 Å². The molecule has 1 heterocycles. The van der Waals surface area contributed by atoms with Gasteiger partial charge in [0.05, 0.1) is 19.3 Å². The van der Waals surface area contributed by atoms with Gasteiger partial charge in [0.25, 0.3) is 5.91 Å². The first kappa shape index (κ1) is 24.9. The number of anilines is 1. The molecule has 0 bridgehead atoms. The minimum Gasteiger partial charge on any atom is -0.494 e. The second-order valence-electron chi connectivity index (χ2n) is 8.21. The quantitative estimate of drug-likeness (QED) is 0.488. The molecular weight excluding hydrogens is 442 g/mol. The van der Waals surface area contributed by atoms with Crippen molar-refractivity contribution < 1.29 is 23.1 Å². The predicted octanol–water partition coefficient (Wildman–Crippen LogP) is 4.31. The molecule has 2 aromatic carbocycles. The van der Waals surface area contributed by atoms with Gasteiger partial charge in [-0.25, -0.2) is 13.5 Å². The largest absolute Gasteiger partial charge is 0.494 e. The van der Waals surface area contributed by atoms with Crippen molar-refractivity contribution in [3.8, 4) is 5.75 Å². The third-order valence-corrected chi connectivity index (χ3v) is 5.26. The van der Waals surface area contributed by atoms with Crippen molar-refractivity contribution in [2.45, 2.75) is 40.3 Å². The van der Waals surface area contributed by atoms with Gasteiger partial charge < -0.3 is 15.4 Å². The van der Waals surface area contributed by atoms with Gasteiger partial charge in [-0.1, -0.05) is 13.8 Å². The van der Waals surface area contributed by atoms with E-state index in [1.807, 2.05) is 20.8 Å². The lowest BCUT2D eigenvalue weighted by molar-refractivity contribution is -0.118. The summed E-state index contributed by atoms with van der Waals surface area (Å²) in [6.07, 6.45) is 1.52. The maximum absolute atomic E-state index is 14.1. The summed E-state index contributed by atoms with van der Waals surface area (Å²) in [7, 11) is 0. The monoisotopic (exact) mass is 470 g/mol. The molecule has 2 N–H and O–H groups in total. The van der Waals surface area contributed by atoms with E-state index in [1.165, 1.54) is 10.9 Å². The van der Waals surface area contributed by atoms with Crippen LogP contribution in [-0.4, -0.2) is 34.2 Å². The predicted molar refractivity (Wildman–Crippen MR) is 125 cm³/mol. The summed E-state index contributed by atoms with van der Waals surface area (Å²) in [5.74, 6) is -1.21. The van der Waals surface area contributed by atoms with Crippen LogP contribution in [0.1, 0.15) is 42.3 Å². The Bertz CT molecular complexity index is 1160. The molecule has 0 fully saturated rings. The molecule has 0 spiro atoms. The van der Waals surface area contributed by atoms with Crippen molar-refractivity contribution in [3.63, 3.8) is 0 Å². The van der Waals surface area contributed by atoms with Gasteiger partial charge in [-0.05, 0) is 62.2 Å². The Kier molecular flexibility index (Phi) is 7.99. The fourth-order valence-corrected chi connectivity index (χ4v) is 3.41. The van der Waals surface area contributed by atoms with Crippen LogP contribution in [0.4, 0.5) is 14.6 Å². The molecule has 2 amide bonds. The third kappa shape index (κ3) is 5.98. The van der Waals surface area contributed by atoms with Crippen LogP contribution in [-0.2, 0) is 11.3 Å². The zero-order valence-corrected chi connectivity index (χ0v) is 19.6. The van der Waals surface area contributed by atoms with Crippen LogP contribution in [0.3, 0.4) is 0 Å². The number of hydrogen-bond donors (Lipinski definition) is 2. The lowest BCUT2D eigenvalue weighted by Crippen LogP contribution is -2.47. The SMILES string of the molecule is CCOc1ccc(C(=O)NC(C(=O)Nc2c(C)cnn2Cc2cc(F)ccc2F)C(C)C)cc1. The first-order valence-corrected chi connectivity index (χ1v) is 11.0. The maximum atomic E-state index is 14.1. The molecule has 7 nitrogen and oxygen atoms in total. The van der Waals surface area contributed by atoms with E-state index in [-0.39, 0.29) is 18.0 Å². The van der Waals surface area contributed by atoms with Crippen LogP contribution in [0.2, 0.25) is 0 Å². The minimum atomic E-state index is -0.840. The first-order valence-electron chi connectivity index (χ1n) is 11.0. The highest BCUT2D eigenvalue weighted by Gasteiger charge is 2.26. The zero-order valence-electron chi connectivity index (χ0n) is 19.6. The van der Waals surface area contributed by atoms with Gasteiger partial charge >= 0.3 is 0 Å². The van der Waals surface area contributed by atoms with Crippen LogP contribution in [0.5, 0.6) is 5.75 Å². The Hall–Kier alpha value is -3.75. The van der Waals surface area contributed by atoms with E-state index >= 15 is 0 Å². The number of amides is 2. The molecule has 0 saturated carbocycles. The van der Waals surface area contributed by atoms with Crippen LogP contribution in [0.15, 0.2) is 48.7 Å². The summed E-state index contributed by atoms with van der Waals surface area (Å²) < 4.78 is 34.5. The Labute approximate surface area is 197 Å². The van der Waals surface area contributed by atoms with E-state index in [2.05, 4.69) is 15.7 Å². The number of aromatic nitrogens is 2. The number of halogens is 2. The van der Waals surface area contributed by atoms with Crippen LogP contribution in [0, 0.1) is 24.5 Å². The van der Waals surface area contributed by atoms with Gasteiger partial charge in [0.15, 0.2) is 0 Å². The second kappa shape index (κ2) is 10.9. The molecule has 0 aliphatic rings. The van der Waals surface area contributed by atoms with Crippen molar-refractivity contribution in [1.29, 1.82) is 0 Å². The topological polar surface area (TPSA) is 85.2 Å². The highest BCUT2D eigenvalue weighted by molar-refractivity contribution is 6.01. The van der Waals surface area contributed by atoms with Crippen molar-refractivity contribution in [2.75, 3.05) is 11.9 Å². The average molecular weight is 471 g/mol. The van der Waals surface area contributed by atoms with E-state index in [0.717, 1.165) is 18.2 Å². The third-order valence-electron chi connectivity index (χ3n) is 5.26. The molecular formula is C25H28F2N4O3. The van der Waals surface area contributed by atoms with Gasteiger partial charge in [-0.15, -0.1) is 0 Å². The van der Waals surface area contributed by atoms with E-state index in [9.17, 15) is 18.4 Å². The van der Waals surface area contributed by atoms with Gasteiger partial charge in [0, 0.05) is 16.7 Å². The highest BCUT2D eigenvalue weighted by atomic mass is 19.1. The Morgan fingerprint density at radius 1 is 1.12 bits per heavy atom. The lowest BCUT2D eigenvalue weighted by atomic mass is 10.0. The van der Waals surface area contributed by atoms with Crippen LogP contribution in [0.25, 0.3) is 0 Å². The second-order valence-corrected chi connectivity index (χ2v) is 8.21. The molecule has 0 saturated heterocycles. The number of nitrogens with zero attached hydrogens (tertiary/aromatic N) is 2. The summed E-state index contributed by atoms with van der Waals surface area (Å²) in [6, 6.07) is 8.97. The molecule has 1 unspecified atom stereocenters. The zero-order chi connectivity index (χ0) is 24.8. The minimum absolute atomic E-state index is 0.0715. The van der Waals surface area contributed by atoms with Crippen molar-refractivity contribution in [3.05, 3.63) is 77.0 Å². The maximum Gasteiger partial charge on any atom is 0.251 e. The summed E-state index contributed by atoms with van der Waals surface area (Å²) in [6.45, 7) is 7.68. The molecule has 34 heavy (non-hydrogen) atoms. The summed E-state index contributed by atoms with van der Waals surface area (Å²) >= 11 is 0. The number of hydrogen-bond acceptors (Lipinski definition) is 4. The fraction of sp³-hybridized carbons (Fsp3) is 0.320. The number of carbonyl (C=O) groups excluding carboxylic acids is 2. The average Bonchev–Trinajstić information content (AvgIpc) is 3.13. The Morgan fingerprint density at radius 2 is 1.82 bits per heavy atom. The van der Waals surface area contributed by atoms with Crippen LogP contribution >= 0.6 is 0 Å². The van der Waals surface area contributed by atoms with E-state index in [1.54, 1.807) is 31.2 Å². The van der Waals surface area contributed by atoms with E-state index in [0.29, 0.717) is 29.3 Å². The molecule has 3 aromatic rings. The number of benzene rings is 2. The van der Waals surface area contributed by atoms with E-state index < -0.39 is 29.5 Å². The molecule has 9 heteroatoms. The number of aryl methyl sites for hydroxylation is 1. The fourth-order valence-electron chi connectivity index (χ4n) is 3.41. The molecule has 3 rings (SSSR count). The number of nitrogens with one attached hydrogen (secondary N) is 2. The van der Waals surface area contributed by atoms with E-state index in [4.69, 9.17) is 4.74 Å². The van der Waals surface area contributed by atoms with Crippen LogP contribution < -0.4 is 15.4 Å². The number of rotatable bonds is 9. The van der Waals surface area contributed by atoms with Crippen molar-refractivity contribution in [1.82, 2.24) is 15.1 Å². The normalized spacial score (nSPS) is 11.9. The Balaban J connectivity index is 1.75. The molecule has 1 aromatic heterocycles. The number of carbonyl (C=O) groups is 2. The standard InChI is InChI=1S/C25H28F2N4O3/c1-5-34-20-9-6-17(7-10-20)24(32)29-22(15(2)3)25(33)30-23-16(4)13-28-31(23)14-18-12-19(26)8-11-21(18)27/h6-13,15,22H,5,14H2,1-4H3,(H,29,32)(H,30,33). The smallest absolute Gasteiger partial charge is 0.251 e. The lowest BCUT2D eigenvalue weighted by Gasteiger charge is -2.22. The summed E-state index contributed by atoms with van der Waals surface area (Å²) in [5.41, 5.74) is 1.14. The Morgan fingerprint density at radius 3 is 2.47 bits per heavy atom. The molecule has 180 valence electrons. The molecule has 0 radical (unpaired) electrons.